The second kappa shape index (κ2) is 9.48. The largest absolute Gasteiger partial charge is 0.493 e. The summed E-state index contributed by atoms with van der Waals surface area (Å²) in [5.41, 5.74) is 7.21. The van der Waals surface area contributed by atoms with E-state index in [4.69, 9.17) is 15.2 Å². The van der Waals surface area contributed by atoms with E-state index in [2.05, 4.69) is 31.0 Å². The molecule has 1 atom stereocenters. The summed E-state index contributed by atoms with van der Waals surface area (Å²) in [6.45, 7) is 5.35. The Morgan fingerprint density at radius 2 is 2.09 bits per heavy atom. The van der Waals surface area contributed by atoms with Crippen LogP contribution in [0.15, 0.2) is 24.3 Å². The fourth-order valence-corrected chi connectivity index (χ4v) is 3.02. The minimum atomic E-state index is 0. The molecule has 0 radical (unpaired) electrons. The maximum absolute atomic E-state index is 6.10. The molecule has 0 aliphatic heterocycles. The van der Waals surface area contributed by atoms with Crippen LogP contribution < -0.4 is 10.5 Å². The number of nitrogens with zero attached hydrogens (tertiary/aromatic N) is 1. The standard InChI is InChI=1S/C18H30N2O2.ClH/c1-15(11-19)20(2)13-18(8-5-9-18)14-22-17-7-4-6-16(10-17)12-21-3;/h4,6-7,10,15H,5,8-9,11-14,19H2,1-3H3;1H. The van der Waals surface area contributed by atoms with Gasteiger partial charge in [-0.3, -0.25) is 0 Å². The molecule has 4 nitrogen and oxygen atoms in total. The number of hydrogen-bond donors (Lipinski definition) is 1. The molecule has 1 aromatic rings. The third-order valence-electron chi connectivity index (χ3n) is 4.85. The Bertz CT molecular complexity index is 466. The molecule has 0 amide bonds. The SMILES string of the molecule is COCc1cccc(OCC2(CN(C)C(C)CN)CCC2)c1.Cl. The van der Waals surface area contributed by atoms with E-state index in [0.29, 0.717) is 19.2 Å². The van der Waals surface area contributed by atoms with Gasteiger partial charge in [-0.25, -0.2) is 0 Å². The predicted octanol–water partition coefficient (Wildman–Crippen LogP) is 3.08. The highest BCUT2D eigenvalue weighted by Crippen LogP contribution is 2.42. The van der Waals surface area contributed by atoms with Crippen molar-refractivity contribution in [1.29, 1.82) is 0 Å². The molecular formula is C18H31ClN2O2. The zero-order valence-electron chi connectivity index (χ0n) is 14.6. The predicted molar refractivity (Wildman–Crippen MR) is 97.3 cm³/mol. The second-order valence-electron chi connectivity index (χ2n) is 6.72. The third kappa shape index (κ3) is 5.64. The topological polar surface area (TPSA) is 47.7 Å². The molecule has 0 spiro atoms. The molecule has 132 valence electrons. The van der Waals surface area contributed by atoms with E-state index in [9.17, 15) is 0 Å². The lowest BCUT2D eigenvalue weighted by atomic mass is 9.69. The summed E-state index contributed by atoms with van der Waals surface area (Å²) in [5, 5.41) is 0. The smallest absolute Gasteiger partial charge is 0.119 e. The zero-order chi connectivity index (χ0) is 16.0. The molecule has 1 saturated carbocycles. The van der Waals surface area contributed by atoms with Crippen molar-refractivity contribution < 1.29 is 9.47 Å². The maximum Gasteiger partial charge on any atom is 0.119 e. The average Bonchev–Trinajstić information content (AvgIpc) is 2.49. The average molecular weight is 343 g/mol. The molecule has 1 aromatic carbocycles. The Labute approximate surface area is 146 Å². The van der Waals surface area contributed by atoms with Gasteiger partial charge < -0.3 is 20.1 Å². The molecule has 2 N–H and O–H groups in total. The van der Waals surface area contributed by atoms with Crippen molar-refractivity contribution in [1.82, 2.24) is 4.90 Å². The van der Waals surface area contributed by atoms with E-state index >= 15 is 0 Å². The lowest BCUT2D eigenvalue weighted by molar-refractivity contribution is 0.0162. The van der Waals surface area contributed by atoms with E-state index in [1.807, 2.05) is 12.1 Å². The Balaban J connectivity index is 0.00000264. The van der Waals surface area contributed by atoms with Gasteiger partial charge in [0.15, 0.2) is 0 Å². The van der Waals surface area contributed by atoms with E-state index in [1.165, 1.54) is 19.3 Å². The summed E-state index contributed by atoms with van der Waals surface area (Å²) in [6, 6.07) is 8.61. The molecule has 1 aliphatic carbocycles. The molecule has 1 unspecified atom stereocenters. The van der Waals surface area contributed by atoms with Gasteiger partial charge in [0.25, 0.3) is 0 Å². The molecule has 23 heavy (non-hydrogen) atoms. The van der Waals surface area contributed by atoms with Crippen molar-refractivity contribution in [2.24, 2.45) is 11.1 Å². The summed E-state index contributed by atoms with van der Waals surface area (Å²) in [4.78, 5) is 2.36. The number of hydrogen-bond acceptors (Lipinski definition) is 4. The highest BCUT2D eigenvalue weighted by Gasteiger charge is 2.39. The normalized spacial score (nSPS) is 17.3. The molecule has 0 saturated heterocycles. The van der Waals surface area contributed by atoms with Crippen LogP contribution >= 0.6 is 12.4 Å². The number of benzene rings is 1. The van der Waals surface area contributed by atoms with Gasteiger partial charge in [0.2, 0.25) is 0 Å². The van der Waals surface area contributed by atoms with Crippen molar-refractivity contribution in [3.05, 3.63) is 29.8 Å². The quantitative estimate of drug-likeness (QED) is 0.749. The molecule has 0 bridgehead atoms. The summed E-state index contributed by atoms with van der Waals surface area (Å²) < 4.78 is 11.3. The van der Waals surface area contributed by atoms with E-state index in [-0.39, 0.29) is 17.8 Å². The van der Waals surface area contributed by atoms with E-state index in [1.54, 1.807) is 7.11 Å². The van der Waals surface area contributed by atoms with Crippen LogP contribution in [0.5, 0.6) is 5.75 Å². The van der Waals surface area contributed by atoms with Gasteiger partial charge in [0.1, 0.15) is 5.75 Å². The minimum absolute atomic E-state index is 0. The van der Waals surface area contributed by atoms with E-state index < -0.39 is 0 Å². The van der Waals surface area contributed by atoms with Crippen molar-refractivity contribution in [2.75, 3.05) is 33.9 Å². The first-order chi connectivity index (χ1) is 10.6. The Hall–Kier alpha value is -0.810. The van der Waals surface area contributed by atoms with Crippen molar-refractivity contribution in [3.63, 3.8) is 0 Å². The van der Waals surface area contributed by atoms with Crippen molar-refractivity contribution >= 4 is 12.4 Å². The van der Waals surface area contributed by atoms with E-state index in [0.717, 1.165) is 24.5 Å². The summed E-state index contributed by atoms with van der Waals surface area (Å²) >= 11 is 0. The Morgan fingerprint density at radius 3 is 2.65 bits per heavy atom. The second-order valence-corrected chi connectivity index (χ2v) is 6.72. The lowest BCUT2D eigenvalue weighted by Gasteiger charge is -2.45. The van der Waals surface area contributed by atoms with Gasteiger partial charge >= 0.3 is 0 Å². The lowest BCUT2D eigenvalue weighted by Crippen LogP contribution is -2.48. The minimum Gasteiger partial charge on any atom is -0.493 e. The molecular weight excluding hydrogens is 312 g/mol. The van der Waals surface area contributed by atoms with Crippen LogP contribution in [0, 0.1) is 5.41 Å². The van der Waals surface area contributed by atoms with Gasteiger partial charge in [0.05, 0.1) is 13.2 Å². The van der Waals surface area contributed by atoms with Crippen LogP contribution in [-0.4, -0.2) is 44.8 Å². The van der Waals surface area contributed by atoms with Gasteiger partial charge in [-0.05, 0) is 44.5 Å². The number of ether oxygens (including phenoxy) is 2. The van der Waals surface area contributed by atoms with Crippen molar-refractivity contribution in [3.8, 4) is 5.75 Å². The number of methoxy groups -OCH3 is 1. The van der Waals surface area contributed by atoms with Gasteiger partial charge in [0, 0.05) is 31.7 Å². The first-order valence-electron chi connectivity index (χ1n) is 8.19. The summed E-state index contributed by atoms with van der Waals surface area (Å²) in [7, 11) is 3.88. The number of rotatable bonds is 9. The molecule has 2 rings (SSSR count). The van der Waals surface area contributed by atoms with Gasteiger partial charge in [-0.2, -0.15) is 0 Å². The van der Waals surface area contributed by atoms with Crippen LogP contribution in [0.25, 0.3) is 0 Å². The number of likely N-dealkylation sites (N-methyl/N-ethyl adjacent to an activating group) is 1. The molecule has 1 aliphatic rings. The maximum atomic E-state index is 6.10. The van der Waals surface area contributed by atoms with Crippen LogP contribution in [0.1, 0.15) is 31.7 Å². The van der Waals surface area contributed by atoms with Crippen LogP contribution in [0.2, 0.25) is 0 Å². The van der Waals surface area contributed by atoms with Crippen LogP contribution in [0.3, 0.4) is 0 Å². The van der Waals surface area contributed by atoms with Gasteiger partial charge in [-0.1, -0.05) is 18.6 Å². The molecule has 1 fully saturated rings. The zero-order valence-corrected chi connectivity index (χ0v) is 15.4. The van der Waals surface area contributed by atoms with Crippen LogP contribution in [0.4, 0.5) is 0 Å². The van der Waals surface area contributed by atoms with Crippen molar-refractivity contribution in [2.45, 2.75) is 38.8 Å². The Morgan fingerprint density at radius 1 is 1.35 bits per heavy atom. The van der Waals surface area contributed by atoms with Gasteiger partial charge in [-0.15, -0.1) is 12.4 Å². The Kier molecular flexibility index (Phi) is 8.34. The molecule has 0 heterocycles. The molecule has 0 aromatic heterocycles. The summed E-state index contributed by atoms with van der Waals surface area (Å²) in [6.07, 6.45) is 3.79. The monoisotopic (exact) mass is 342 g/mol. The fourth-order valence-electron chi connectivity index (χ4n) is 3.02. The molecule has 5 heteroatoms. The number of halogens is 1. The first kappa shape index (κ1) is 20.2. The van der Waals surface area contributed by atoms with Crippen LogP contribution in [-0.2, 0) is 11.3 Å². The summed E-state index contributed by atoms with van der Waals surface area (Å²) in [5.74, 6) is 0.940. The fraction of sp³-hybridized carbons (Fsp3) is 0.667. The third-order valence-corrected chi connectivity index (χ3v) is 4.85. The number of nitrogens with two attached hydrogens (primary N) is 1. The highest BCUT2D eigenvalue weighted by molar-refractivity contribution is 5.85. The highest BCUT2D eigenvalue weighted by atomic mass is 35.5. The first-order valence-corrected chi connectivity index (χ1v) is 8.19.